The van der Waals surface area contributed by atoms with Crippen LogP contribution in [0.4, 0.5) is 17.1 Å². The van der Waals surface area contributed by atoms with E-state index in [1.54, 1.807) is 0 Å². The molecular weight excluding hydrogens is 687 g/mol. The fourth-order valence-electron chi connectivity index (χ4n) is 10.4. The van der Waals surface area contributed by atoms with Gasteiger partial charge in [-0.05, 0) is 90.7 Å². The topological polar surface area (TPSA) is 3.24 Å². The summed E-state index contributed by atoms with van der Waals surface area (Å²) in [6, 6.07) is 78.7. The highest BCUT2D eigenvalue weighted by Crippen LogP contribution is 2.62. The van der Waals surface area contributed by atoms with Gasteiger partial charge in [-0.15, -0.1) is 0 Å². The number of para-hydroxylation sites is 1. The lowest BCUT2D eigenvalue weighted by Gasteiger charge is -2.36. The van der Waals surface area contributed by atoms with Crippen molar-refractivity contribution in [3.8, 4) is 33.4 Å². The molecule has 2 aliphatic carbocycles. The first-order valence-electron chi connectivity index (χ1n) is 20.0. The fourth-order valence-corrected chi connectivity index (χ4v) is 10.4. The molecule has 9 aromatic carbocycles. The van der Waals surface area contributed by atoms with E-state index in [1.807, 2.05) is 0 Å². The van der Waals surface area contributed by atoms with E-state index >= 15 is 0 Å². The van der Waals surface area contributed by atoms with Gasteiger partial charge in [0.05, 0.1) is 11.1 Å². The van der Waals surface area contributed by atoms with Crippen molar-refractivity contribution in [3.63, 3.8) is 0 Å². The molecule has 0 N–H and O–H groups in total. The molecule has 0 atom stereocenters. The van der Waals surface area contributed by atoms with Crippen molar-refractivity contribution >= 4 is 27.8 Å². The molecule has 9 aromatic rings. The maximum atomic E-state index is 2.57. The van der Waals surface area contributed by atoms with Gasteiger partial charge in [0.25, 0.3) is 0 Å². The largest absolute Gasteiger partial charge is 0.309 e. The minimum atomic E-state index is -0.519. The zero-order chi connectivity index (χ0) is 38.1. The third kappa shape index (κ3) is 4.76. The summed E-state index contributed by atoms with van der Waals surface area (Å²) in [5, 5.41) is 2.57. The number of nitrogens with zero attached hydrogens (tertiary/aromatic N) is 1. The van der Waals surface area contributed by atoms with Crippen molar-refractivity contribution in [1.29, 1.82) is 0 Å². The van der Waals surface area contributed by atoms with Gasteiger partial charge in [0.15, 0.2) is 0 Å². The number of rotatable bonds is 6. The van der Waals surface area contributed by atoms with Crippen molar-refractivity contribution in [1.82, 2.24) is 0 Å². The van der Waals surface area contributed by atoms with E-state index in [1.165, 1.54) is 83.2 Å². The second-order valence-electron chi connectivity index (χ2n) is 16.0. The van der Waals surface area contributed by atoms with E-state index in [0.717, 1.165) is 11.4 Å². The first-order valence-corrected chi connectivity index (χ1v) is 20.0. The van der Waals surface area contributed by atoms with Gasteiger partial charge in [-0.2, -0.15) is 0 Å². The summed E-state index contributed by atoms with van der Waals surface area (Å²) in [6.07, 6.45) is 0. The summed E-state index contributed by atoms with van der Waals surface area (Å²) in [5.74, 6) is 0. The van der Waals surface area contributed by atoms with E-state index in [0.29, 0.717) is 0 Å². The third-order valence-electron chi connectivity index (χ3n) is 12.7. The monoisotopic (exact) mass is 727 g/mol. The van der Waals surface area contributed by atoms with E-state index in [9.17, 15) is 0 Å². The van der Waals surface area contributed by atoms with Gasteiger partial charge >= 0.3 is 0 Å². The summed E-state index contributed by atoms with van der Waals surface area (Å²) < 4.78 is 0. The predicted molar refractivity (Wildman–Crippen MR) is 239 cm³/mol. The molecule has 1 nitrogen and oxygen atoms in total. The van der Waals surface area contributed by atoms with Crippen LogP contribution >= 0.6 is 0 Å². The Hall–Kier alpha value is -6.96. The molecule has 0 spiro atoms. The van der Waals surface area contributed by atoms with Crippen LogP contribution in [0.25, 0.3) is 44.2 Å². The number of benzene rings is 9. The molecule has 1 heteroatoms. The van der Waals surface area contributed by atoms with Crippen molar-refractivity contribution in [2.45, 2.75) is 24.7 Å². The van der Waals surface area contributed by atoms with Crippen molar-refractivity contribution in [2.75, 3.05) is 4.90 Å². The van der Waals surface area contributed by atoms with Crippen LogP contribution in [-0.2, 0) is 10.8 Å². The Morgan fingerprint density at radius 2 is 0.877 bits per heavy atom. The Morgan fingerprint density at radius 3 is 1.54 bits per heavy atom. The first-order chi connectivity index (χ1) is 28.1. The summed E-state index contributed by atoms with van der Waals surface area (Å²) in [5.41, 5.74) is 18.2. The Labute approximate surface area is 335 Å². The Bertz CT molecular complexity index is 2920. The van der Waals surface area contributed by atoms with Crippen molar-refractivity contribution < 1.29 is 0 Å². The Balaban J connectivity index is 1.30. The Morgan fingerprint density at radius 1 is 0.368 bits per heavy atom. The molecule has 0 bridgehead atoms. The van der Waals surface area contributed by atoms with E-state index < -0.39 is 5.41 Å². The Kier molecular flexibility index (Phi) is 7.50. The van der Waals surface area contributed by atoms with Gasteiger partial charge in [0, 0.05) is 27.9 Å². The minimum Gasteiger partial charge on any atom is -0.309 e. The van der Waals surface area contributed by atoms with E-state index in [2.05, 4.69) is 231 Å². The van der Waals surface area contributed by atoms with Gasteiger partial charge in [0.1, 0.15) is 0 Å². The third-order valence-corrected chi connectivity index (χ3v) is 12.7. The second-order valence-corrected chi connectivity index (χ2v) is 16.0. The van der Waals surface area contributed by atoms with Gasteiger partial charge in [-0.3, -0.25) is 0 Å². The van der Waals surface area contributed by atoms with Crippen LogP contribution in [0.3, 0.4) is 0 Å². The zero-order valence-corrected chi connectivity index (χ0v) is 32.2. The fraction of sp³-hybridized carbons (Fsp3) is 0.0714. The molecule has 0 heterocycles. The summed E-state index contributed by atoms with van der Waals surface area (Å²) in [6.45, 7) is 4.81. The maximum absolute atomic E-state index is 2.57. The van der Waals surface area contributed by atoms with Crippen LogP contribution in [0.2, 0.25) is 0 Å². The number of hydrogen-bond acceptors (Lipinski definition) is 1. The standard InChI is InChI=1S/C56H41N/c1-55(2)48-33-19-18-32-47(48)52-53(55)46-31-16-15-30-45(46)51(38-21-7-3-8-22-38)54(52)57(41-27-13-6-14-28-41)42-35-36-44-43-29-17-20-34-49(43)56(50(44)37-42,39-23-9-4-10-24-39)40-25-11-5-12-26-40/h3-37H,1-2H3. The molecule has 0 aromatic heterocycles. The normalized spacial score (nSPS) is 14.1. The highest BCUT2D eigenvalue weighted by molar-refractivity contribution is 6.15. The van der Waals surface area contributed by atoms with E-state index in [-0.39, 0.29) is 5.41 Å². The number of hydrogen-bond donors (Lipinski definition) is 0. The maximum Gasteiger partial charge on any atom is 0.0714 e. The van der Waals surface area contributed by atoms with Crippen molar-refractivity contribution in [2.24, 2.45) is 0 Å². The van der Waals surface area contributed by atoms with Crippen LogP contribution in [0.15, 0.2) is 212 Å². The molecule has 2 aliphatic rings. The lowest BCUT2D eigenvalue weighted by Crippen LogP contribution is -2.28. The van der Waals surface area contributed by atoms with Gasteiger partial charge < -0.3 is 4.90 Å². The molecular formula is C56H41N. The smallest absolute Gasteiger partial charge is 0.0714 e. The highest BCUT2D eigenvalue weighted by Gasteiger charge is 2.47. The van der Waals surface area contributed by atoms with Crippen molar-refractivity contribution in [3.05, 3.63) is 246 Å². The molecule has 0 fully saturated rings. The van der Waals surface area contributed by atoms with Gasteiger partial charge in [-0.1, -0.05) is 202 Å². The highest BCUT2D eigenvalue weighted by atomic mass is 15.1. The molecule has 57 heavy (non-hydrogen) atoms. The van der Waals surface area contributed by atoms with Crippen LogP contribution < -0.4 is 4.90 Å². The lowest BCUT2D eigenvalue weighted by molar-refractivity contribution is 0.666. The number of fused-ring (bicyclic) bond motifs is 8. The van der Waals surface area contributed by atoms with Gasteiger partial charge in [-0.25, -0.2) is 0 Å². The molecule has 0 saturated heterocycles. The molecule has 0 amide bonds. The zero-order valence-electron chi connectivity index (χ0n) is 32.2. The second kappa shape index (κ2) is 12.8. The molecule has 0 aliphatic heterocycles. The number of anilines is 3. The van der Waals surface area contributed by atoms with E-state index in [4.69, 9.17) is 0 Å². The summed E-state index contributed by atoms with van der Waals surface area (Å²) in [4.78, 5) is 2.57. The van der Waals surface area contributed by atoms with Crippen LogP contribution in [0.5, 0.6) is 0 Å². The molecule has 11 rings (SSSR count). The first kappa shape index (κ1) is 33.4. The van der Waals surface area contributed by atoms with Crippen LogP contribution in [-0.4, -0.2) is 0 Å². The molecule has 0 saturated carbocycles. The lowest BCUT2D eigenvalue weighted by atomic mass is 9.67. The average molecular weight is 728 g/mol. The summed E-state index contributed by atoms with van der Waals surface area (Å²) in [7, 11) is 0. The molecule has 270 valence electrons. The molecule has 0 unspecified atom stereocenters. The average Bonchev–Trinajstić information content (AvgIpc) is 3.71. The molecule has 0 radical (unpaired) electrons. The van der Waals surface area contributed by atoms with Crippen LogP contribution in [0, 0.1) is 0 Å². The van der Waals surface area contributed by atoms with Gasteiger partial charge in [0.2, 0.25) is 0 Å². The van der Waals surface area contributed by atoms with Crippen LogP contribution in [0.1, 0.15) is 47.2 Å². The quantitative estimate of drug-likeness (QED) is 0.165. The summed E-state index contributed by atoms with van der Waals surface area (Å²) >= 11 is 0. The SMILES string of the molecule is CC1(C)c2ccccc2-c2c(N(c3ccccc3)c3ccc4c(c3)C(c3ccccc3)(c3ccccc3)c3ccccc3-4)c(-c3ccccc3)c3ccccc3c21. The minimum absolute atomic E-state index is 0.215. The predicted octanol–water partition coefficient (Wildman–Crippen LogP) is 14.6.